The van der Waals surface area contributed by atoms with Gasteiger partial charge in [-0.05, 0) is 43.5 Å². The van der Waals surface area contributed by atoms with Gasteiger partial charge in [-0.25, -0.2) is 4.39 Å². The number of methoxy groups -OCH3 is 1. The van der Waals surface area contributed by atoms with E-state index in [-0.39, 0.29) is 17.3 Å². The highest BCUT2D eigenvalue weighted by atomic mass is 19.1. The minimum Gasteiger partial charge on any atom is -0.496 e. The summed E-state index contributed by atoms with van der Waals surface area (Å²) in [6.07, 6.45) is 2.36. The Kier molecular flexibility index (Phi) is 2.89. The number of rotatable bonds is 4. The van der Waals surface area contributed by atoms with Gasteiger partial charge >= 0.3 is 0 Å². The summed E-state index contributed by atoms with van der Waals surface area (Å²) in [7, 11) is 3.54. The zero-order chi connectivity index (χ0) is 11.8. The molecular weight excluding hydrogens is 205 g/mol. The Labute approximate surface area is 95.8 Å². The maximum atomic E-state index is 13.3. The highest BCUT2D eigenvalue weighted by Gasteiger charge is 2.45. The molecule has 1 unspecified atom stereocenters. The van der Waals surface area contributed by atoms with Gasteiger partial charge in [0.1, 0.15) is 11.6 Å². The zero-order valence-electron chi connectivity index (χ0n) is 10.0. The van der Waals surface area contributed by atoms with E-state index in [9.17, 15) is 4.39 Å². The average molecular weight is 223 g/mol. The van der Waals surface area contributed by atoms with E-state index in [4.69, 9.17) is 4.74 Å². The monoisotopic (exact) mass is 223 g/mol. The fourth-order valence-electron chi connectivity index (χ4n) is 2.30. The molecule has 2 nitrogen and oxygen atoms in total. The van der Waals surface area contributed by atoms with Gasteiger partial charge in [-0.2, -0.15) is 0 Å². The Morgan fingerprint density at radius 1 is 1.44 bits per heavy atom. The third-order valence-electron chi connectivity index (χ3n) is 3.53. The minimum absolute atomic E-state index is 0.165. The van der Waals surface area contributed by atoms with Gasteiger partial charge in [0, 0.05) is 11.6 Å². The van der Waals surface area contributed by atoms with Crippen molar-refractivity contribution >= 4 is 0 Å². The summed E-state index contributed by atoms with van der Waals surface area (Å²) in [6, 6.07) is 4.87. The van der Waals surface area contributed by atoms with Crippen LogP contribution in [-0.2, 0) is 0 Å². The van der Waals surface area contributed by atoms with E-state index in [1.165, 1.54) is 18.9 Å². The Morgan fingerprint density at radius 3 is 2.62 bits per heavy atom. The fourth-order valence-corrected chi connectivity index (χ4v) is 2.30. The first-order chi connectivity index (χ1) is 7.60. The molecule has 1 aromatic carbocycles. The molecule has 3 heteroatoms. The van der Waals surface area contributed by atoms with Crippen LogP contribution in [-0.4, -0.2) is 14.2 Å². The third-order valence-corrected chi connectivity index (χ3v) is 3.53. The van der Waals surface area contributed by atoms with Gasteiger partial charge in [-0.15, -0.1) is 0 Å². The minimum atomic E-state index is -0.208. The van der Waals surface area contributed by atoms with Crippen LogP contribution in [0.1, 0.15) is 31.4 Å². The standard InChI is InChI=1S/C13H18FNO/c1-13(6-7-13)12(15-2)10-8-9(14)4-5-11(10)16-3/h4-5,8,12,15H,6-7H2,1-3H3. The van der Waals surface area contributed by atoms with Crippen LogP contribution in [0.15, 0.2) is 18.2 Å². The van der Waals surface area contributed by atoms with Crippen LogP contribution in [0.3, 0.4) is 0 Å². The SMILES string of the molecule is CNC(c1cc(F)ccc1OC)C1(C)CC1. The number of ether oxygens (including phenoxy) is 1. The largest absolute Gasteiger partial charge is 0.496 e. The maximum Gasteiger partial charge on any atom is 0.123 e. The summed E-state index contributed by atoms with van der Waals surface area (Å²) in [5, 5.41) is 3.28. The zero-order valence-corrected chi connectivity index (χ0v) is 10.0. The van der Waals surface area contributed by atoms with Crippen molar-refractivity contribution in [3.8, 4) is 5.75 Å². The van der Waals surface area contributed by atoms with Crippen molar-refractivity contribution < 1.29 is 9.13 Å². The van der Waals surface area contributed by atoms with E-state index in [2.05, 4.69) is 12.2 Å². The molecule has 1 aromatic rings. The van der Waals surface area contributed by atoms with E-state index in [0.717, 1.165) is 11.3 Å². The highest BCUT2D eigenvalue weighted by molar-refractivity contribution is 5.38. The first kappa shape index (κ1) is 11.4. The molecule has 0 saturated heterocycles. The third kappa shape index (κ3) is 1.92. The van der Waals surface area contributed by atoms with Gasteiger partial charge in [0.2, 0.25) is 0 Å². The van der Waals surface area contributed by atoms with Crippen molar-refractivity contribution in [1.29, 1.82) is 0 Å². The van der Waals surface area contributed by atoms with Gasteiger partial charge in [0.05, 0.1) is 7.11 Å². The second-order valence-electron chi connectivity index (χ2n) is 4.76. The van der Waals surface area contributed by atoms with E-state index in [0.29, 0.717) is 0 Å². The van der Waals surface area contributed by atoms with Crippen LogP contribution in [0.2, 0.25) is 0 Å². The van der Waals surface area contributed by atoms with Crippen molar-refractivity contribution in [2.24, 2.45) is 5.41 Å². The van der Waals surface area contributed by atoms with E-state index < -0.39 is 0 Å². The molecule has 0 amide bonds. The summed E-state index contributed by atoms with van der Waals surface area (Å²) in [5.41, 5.74) is 1.17. The molecule has 1 aliphatic carbocycles. The van der Waals surface area contributed by atoms with Gasteiger partial charge in [-0.3, -0.25) is 0 Å². The van der Waals surface area contributed by atoms with Crippen molar-refractivity contribution in [1.82, 2.24) is 5.32 Å². The lowest BCUT2D eigenvalue weighted by Crippen LogP contribution is -2.25. The molecule has 0 bridgehead atoms. The molecule has 0 spiro atoms. The molecule has 0 aromatic heterocycles. The number of hydrogen-bond donors (Lipinski definition) is 1. The topological polar surface area (TPSA) is 21.3 Å². The van der Waals surface area contributed by atoms with Crippen molar-refractivity contribution in [2.75, 3.05) is 14.2 Å². The van der Waals surface area contributed by atoms with Gasteiger partial charge in [0.25, 0.3) is 0 Å². The van der Waals surface area contributed by atoms with E-state index >= 15 is 0 Å². The average Bonchev–Trinajstić information content (AvgIpc) is 2.98. The second-order valence-corrected chi connectivity index (χ2v) is 4.76. The molecule has 0 radical (unpaired) electrons. The number of benzene rings is 1. The lowest BCUT2D eigenvalue weighted by Gasteiger charge is -2.25. The molecule has 1 fully saturated rings. The van der Waals surface area contributed by atoms with Crippen LogP contribution >= 0.6 is 0 Å². The van der Waals surface area contributed by atoms with Crippen LogP contribution in [0.5, 0.6) is 5.75 Å². The van der Waals surface area contributed by atoms with Gasteiger partial charge in [-0.1, -0.05) is 6.92 Å². The Morgan fingerprint density at radius 2 is 2.12 bits per heavy atom. The molecule has 88 valence electrons. The summed E-state index contributed by atoms with van der Waals surface area (Å²) < 4.78 is 18.6. The molecule has 0 heterocycles. The molecule has 1 N–H and O–H groups in total. The van der Waals surface area contributed by atoms with Crippen LogP contribution in [0, 0.1) is 11.2 Å². The summed E-state index contributed by atoms with van der Waals surface area (Å²) in [6.45, 7) is 2.22. The number of nitrogens with one attached hydrogen (secondary N) is 1. The first-order valence-electron chi connectivity index (χ1n) is 5.61. The van der Waals surface area contributed by atoms with Crippen LogP contribution in [0.4, 0.5) is 4.39 Å². The number of halogens is 1. The molecule has 2 rings (SSSR count). The van der Waals surface area contributed by atoms with Gasteiger partial charge < -0.3 is 10.1 Å². The molecule has 0 aliphatic heterocycles. The van der Waals surface area contributed by atoms with Crippen LogP contribution < -0.4 is 10.1 Å². The Bertz CT molecular complexity index is 388. The second kappa shape index (κ2) is 4.06. The van der Waals surface area contributed by atoms with Crippen molar-refractivity contribution in [3.05, 3.63) is 29.6 Å². The summed E-state index contributed by atoms with van der Waals surface area (Å²) in [5.74, 6) is 0.550. The van der Waals surface area contributed by atoms with Crippen molar-refractivity contribution in [2.45, 2.75) is 25.8 Å². The summed E-state index contributed by atoms with van der Waals surface area (Å²) in [4.78, 5) is 0. The quantitative estimate of drug-likeness (QED) is 0.847. The lowest BCUT2D eigenvalue weighted by molar-refractivity contribution is 0.356. The summed E-state index contributed by atoms with van der Waals surface area (Å²) >= 11 is 0. The Balaban J connectivity index is 2.40. The molecule has 1 atom stereocenters. The van der Waals surface area contributed by atoms with Gasteiger partial charge in [0.15, 0.2) is 0 Å². The lowest BCUT2D eigenvalue weighted by atomic mass is 9.91. The smallest absolute Gasteiger partial charge is 0.123 e. The normalized spacial score (nSPS) is 19.2. The first-order valence-corrected chi connectivity index (χ1v) is 5.61. The van der Waals surface area contributed by atoms with Crippen LogP contribution in [0.25, 0.3) is 0 Å². The Hall–Kier alpha value is -1.09. The van der Waals surface area contributed by atoms with E-state index in [1.807, 2.05) is 7.05 Å². The maximum absolute atomic E-state index is 13.3. The molecule has 1 saturated carbocycles. The fraction of sp³-hybridized carbons (Fsp3) is 0.538. The molecule has 1 aliphatic rings. The van der Waals surface area contributed by atoms with E-state index in [1.54, 1.807) is 19.2 Å². The highest BCUT2D eigenvalue weighted by Crippen LogP contribution is 2.55. The predicted octanol–water partition coefficient (Wildman–Crippen LogP) is 2.89. The molecular formula is C13H18FNO. The molecule has 16 heavy (non-hydrogen) atoms. The van der Waals surface area contributed by atoms with Crippen molar-refractivity contribution in [3.63, 3.8) is 0 Å². The predicted molar refractivity (Wildman–Crippen MR) is 62.1 cm³/mol. The number of hydrogen-bond acceptors (Lipinski definition) is 2.